The second kappa shape index (κ2) is 6.11. The van der Waals surface area contributed by atoms with E-state index in [9.17, 15) is 10.2 Å². The molecule has 1 fully saturated rings. The highest BCUT2D eigenvalue weighted by molar-refractivity contribution is 5.47. The maximum atomic E-state index is 9.40. The molecule has 1 aliphatic rings. The fourth-order valence-electron chi connectivity index (χ4n) is 2.63. The van der Waals surface area contributed by atoms with Gasteiger partial charge in [-0.2, -0.15) is 0 Å². The number of aliphatic hydroxyl groups is 2. The topological polar surface area (TPSA) is 69.5 Å². The third-order valence-corrected chi connectivity index (χ3v) is 3.51. The van der Waals surface area contributed by atoms with E-state index in [1.807, 2.05) is 6.92 Å². The Morgan fingerprint density at radius 2 is 2.06 bits per heavy atom. The minimum Gasteiger partial charge on any atom is -0.395 e. The molecule has 5 heteroatoms. The number of aryl methyl sites for hydroxylation is 1. The summed E-state index contributed by atoms with van der Waals surface area (Å²) in [6.07, 6.45) is 6.40. The number of nitrogens with zero attached hydrogens (tertiary/aromatic N) is 3. The summed E-state index contributed by atoms with van der Waals surface area (Å²) >= 11 is 0. The molecule has 0 bridgehead atoms. The lowest BCUT2D eigenvalue weighted by Crippen LogP contribution is -2.37. The minimum absolute atomic E-state index is 0.0652. The Morgan fingerprint density at radius 3 is 2.67 bits per heavy atom. The van der Waals surface area contributed by atoms with E-state index < -0.39 is 0 Å². The second-order valence-corrected chi connectivity index (χ2v) is 4.78. The van der Waals surface area contributed by atoms with Crippen LogP contribution in [0.2, 0.25) is 0 Å². The van der Waals surface area contributed by atoms with Crippen molar-refractivity contribution in [1.29, 1.82) is 0 Å². The fraction of sp³-hybridized carbons (Fsp3) is 0.692. The Labute approximate surface area is 107 Å². The second-order valence-electron chi connectivity index (χ2n) is 4.78. The molecule has 0 spiro atoms. The van der Waals surface area contributed by atoms with Gasteiger partial charge in [-0.3, -0.25) is 0 Å². The standard InChI is InChI=1S/C13H21N3O2/c1-10-14-8-11(9-18)13(15-10)16(6-7-17)12-4-2-3-5-12/h8,12,17-18H,2-7,9H2,1H3. The van der Waals surface area contributed by atoms with Crippen LogP contribution >= 0.6 is 0 Å². The van der Waals surface area contributed by atoms with Crippen LogP contribution in [0.15, 0.2) is 6.20 Å². The van der Waals surface area contributed by atoms with Gasteiger partial charge in [0.15, 0.2) is 0 Å². The molecule has 2 N–H and O–H groups in total. The maximum Gasteiger partial charge on any atom is 0.138 e. The summed E-state index contributed by atoms with van der Waals surface area (Å²) in [5.41, 5.74) is 0.737. The van der Waals surface area contributed by atoms with Crippen molar-refractivity contribution < 1.29 is 10.2 Å². The zero-order chi connectivity index (χ0) is 13.0. The summed E-state index contributed by atoms with van der Waals surface area (Å²) < 4.78 is 0. The number of rotatable bonds is 5. The van der Waals surface area contributed by atoms with Gasteiger partial charge in [-0.05, 0) is 19.8 Å². The van der Waals surface area contributed by atoms with Gasteiger partial charge in [0, 0.05) is 24.3 Å². The monoisotopic (exact) mass is 251 g/mol. The van der Waals surface area contributed by atoms with Gasteiger partial charge in [0.05, 0.1) is 13.2 Å². The lowest BCUT2D eigenvalue weighted by atomic mass is 10.2. The Morgan fingerprint density at radius 1 is 1.33 bits per heavy atom. The molecule has 100 valence electrons. The quantitative estimate of drug-likeness (QED) is 0.817. The zero-order valence-electron chi connectivity index (χ0n) is 10.8. The molecule has 1 heterocycles. The molecule has 5 nitrogen and oxygen atoms in total. The number of anilines is 1. The van der Waals surface area contributed by atoms with E-state index in [1.165, 1.54) is 12.8 Å². The summed E-state index contributed by atoms with van der Waals surface area (Å²) in [6, 6.07) is 0.428. The Hall–Kier alpha value is -1.20. The Kier molecular flexibility index (Phi) is 4.49. The van der Waals surface area contributed by atoms with E-state index in [1.54, 1.807) is 6.20 Å². The zero-order valence-corrected chi connectivity index (χ0v) is 10.8. The van der Waals surface area contributed by atoms with Crippen LogP contribution in [0.25, 0.3) is 0 Å². The molecule has 1 saturated carbocycles. The average Bonchev–Trinajstić information content (AvgIpc) is 2.89. The van der Waals surface area contributed by atoms with Crippen LogP contribution in [0.5, 0.6) is 0 Å². The first-order chi connectivity index (χ1) is 8.76. The molecular formula is C13H21N3O2. The first-order valence-electron chi connectivity index (χ1n) is 6.57. The van der Waals surface area contributed by atoms with Crippen molar-refractivity contribution in [1.82, 2.24) is 9.97 Å². The van der Waals surface area contributed by atoms with Crippen molar-refractivity contribution in [3.63, 3.8) is 0 Å². The number of aromatic nitrogens is 2. The summed E-state index contributed by atoms with van der Waals surface area (Å²) in [6.45, 7) is 2.44. The summed E-state index contributed by atoms with van der Waals surface area (Å²) in [5, 5.41) is 18.6. The first-order valence-corrected chi connectivity index (χ1v) is 6.57. The third kappa shape index (κ3) is 2.79. The summed E-state index contributed by atoms with van der Waals surface area (Å²) in [7, 11) is 0. The van der Waals surface area contributed by atoms with Gasteiger partial charge in [-0.1, -0.05) is 12.8 Å². The number of aliphatic hydroxyl groups excluding tert-OH is 2. The smallest absolute Gasteiger partial charge is 0.138 e. The highest BCUT2D eigenvalue weighted by Crippen LogP contribution is 2.28. The SMILES string of the molecule is Cc1ncc(CO)c(N(CCO)C2CCCC2)n1. The molecule has 0 amide bonds. The summed E-state index contributed by atoms with van der Waals surface area (Å²) in [4.78, 5) is 10.7. The van der Waals surface area contributed by atoms with Crippen LogP contribution in [0, 0.1) is 6.92 Å². The van der Waals surface area contributed by atoms with E-state index in [-0.39, 0.29) is 13.2 Å². The van der Waals surface area contributed by atoms with Gasteiger partial charge in [0.25, 0.3) is 0 Å². The van der Waals surface area contributed by atoms with E-state index >= 15 is 0 Å². The molecule has 0 saturated heterocycles. The fourth-order valence-corrected chi connectivity index (χ4v) is 2.63. The lowest BCUT2D eigenvalue weighted by molar-refractivity contribution is 0.278. The van der Waals surface area contributed by atoms with E-state index in [4.69, 9.17) is 0 Å². The molecule has 0 aromatic carbocycles. The highest BCUT2D eigenvalue weighted by Gasteiger charge is 2.25. The van der Waals surface area contributed by atoms with Crippen LogP contribution in [0.3, 0.4) is 0 Å². The Bertz CT molecular complexity index is 392. The van der Waals surface area contributed by atoms with Crippen molar-refractivity contribution >= 4 is 5.82 Å². The largest absolute Gasteiger partial charge is 0.395 e. The van der Waals surface area contributed by atoms with Crippen LogP contribution in [-0.4, -0.2) is 39.4 Å². The summed E-state index contributed by atoms with van der Waals surface area (Å²) in [5.74, 6) is 1.48. The van der Waals surface area contributed by atoms with Crippen molar-refractivity contribution in [2.24, 2.45) is 0 Å². The molecule has 0 atom stereocenters. The van der Waals surface area contributed by atoms with Crippen molar-refractivity contribution in [2.45, 2.75) is 45.3 Å². The highest BCUT2D eigenvalue weighted by atomic mass is 16.3. The Balaban J connectivity index is 2.31. The molecule has 18 heavy (non-hydrogen) atoms. The van der Waals surface area contributed by atoms with Gasteiger partial charge in [0.2, 0.25) is 0 Å². The number of hydrogen-bond acceptors (Lipinski definition) is 5. The van der Waals surface area contributed by atoms with Crippen LogP contribution in [0.1, 0.15) is 37.1 Å². The van der Waals surface area contributed by atoms with Crippen LogP contribution in [0.4, 0.5) is 5.82 Å². The third-order valence-electron chi connectivity index (χ3n) is 3.51. The van der Waals surface area contributed by atoms with Gasteiger partial charge >= 0.3 is 0 Å². The van der Waals surface area contributed by atoms with E-state index in [0.29, 0.717) is 18.4 Å². The predicted octanol–water partition coefficient (Wildman–Crippen LogP) is 1.02. The van der Waals surface area contributed by atoms with Gasteiger partial charge in [-0.25, -0.2) is 9.97 Å². The molecule has 1 aliphatic carbocycles. The van der Waals surface area contributed by atoms with Crippen molar-refractivity contribution in [2.75, 3.05) is 18.1 Å². The van der Waals surface area contributed by atoms with E-state index in [0.717, 1.165) is 24.2 Å². The van der Waals surface area contributed by atoms with Crippen molar-refractivity contribution in [3.8, 4) is 0 Å². The van der Waals surface area contributed by atoms with Gasteiger partial charge in [-0.15, -0.1) is 0 Å². The molecule has 0 unspecified atom stereocenters. The molecular weight excluding hydrogens is 230 g/mol. The predicted molar refractivity (Wildman–Crippen MR) is 69.4 cm³/mol. The van der Waals surface area contributed by atoms with Crippen LogP contribution < -0.4 is 4.90 Å². The number of hydrogen-bond donors (Lipinski definition) is 2. The van der Waals surface area contributed by atoms with Gasteiger partial charge < -0.3 is 15.1 Å². The minimum atomic E-state index is -0.0652. The van der Waals surface area contributed by atoms with Crippen molar-refractivity contribution in [3.05, 3.63) is 17.6 Å². The lowest BCUT2D eigenvalue weighted by Gasteiger charge is -2.30. The normalized spacial score (nSPS) is 16.2. The average molecular weight is 251 g/mol. The molecule has 2 rings (SSSR count). The molecule has 1 aromatic heterocycles. The molecule has 0 radical (unpaired) electrons. The first kappa shape index (κ1) is 13.2. The van der Waals surface area contributed by atoms with Gasteiger partial charge in [0.1, 0.15) is 11.6 Å². The van der Waals surface area contributed by atoms with Crippen LogP contribution in [-0.2, 0) is 6.61 Å². The maximum absolute atomic E-state index is 9.40. The molecule has 1 aromatic rings. The molecule has 0 aliphatic heterocycles. The van der Waals surface area contributed by atoms with E-state index in [2.05, 4.69) is 14.9 Å².